The number of halogens is 1. The van der Waals surface area contributed by atoms with Gasteiger partial charge in [-0.05, 0) is 17.3 Å². The topological polar surface area (TPSA) is 104 Å². The van der Waals surface area contributed by atoms with Gasteiger partial charge < -0.3 is 14.9 Å². The molecule has 0 spiro atoms. The SMILES string of the molecule is CC(C)CCOCCn1cc(S(=O)(=O)Cl)c([N+](=O)[O-])n1. The van der Waals surface area contributed by atoms with E-state index >= 15 is 0 Å². The summed E-state index contributed by atoms with van der Waals surface area (Å²) in [6.07, 6.45) is 1.94. The van der Waals surface area contributed by atoms with E-state index in [-0.39, 0.29) is 13.2 Å². The van der Waals surface area contributed by atoms with Crippen molar-refractivity contribution in [3.05, 3.63) is 16.3 Å². The Hall–Kier alpha value is -1.19. The summed E-state index contributed by atoms with van der Waals surface area (Å²) in [7, 11) is 0.925. The number of nitrogens with zero attached hydrogens (tertiary/aromatic N) is 3. The predicted octanol–water partition coefficient (Wildman–Crippen LogP) is 1.78. The molecule has 1 aromatic heterocycles. The lowest BCUT2D eigenvalue weighted by Gasteiger charge is -2.04. The van der Waals surface area contributed by atoms with E-state index in [2.05, 4.69) is 18.9 Å². The maximum atomic E-state index is 11.2. The van der Waals surface area contributed by atoms with Gasteiger partial charge in [0.25, 0.3) is 9.05 Å². The Balaban J connectivity index is 2.66. The van der Waals surface area contributed by atoms with Crippen molar-refractivity contribution >= 4 is 25.6 Å². The van der Waals surface area contributed by atoms with Crippen molar-refractivity contribution in [1.29, 1.82) is 0 Å². The van der Waals surface area contributed by atoms with Crippen LogP contribution in [0.15, 0.2) is 11.1 Å². The Morgan fingerprint density at radius 1 is 1.50 bits per heavy atom. The molecule has 0 aliphatic rings. The average molecular weight is 326 g/mol. The minimum atomic E-state index is -4.20. The number of ether oxygens (including phenoxy) is 1. The third-order valence-corrected chi connectivity index (χ3v) is 3.76. The molecule has 10 heteroatoms. The van der Waals surface area contributed by atoms with Gasteiger partial charge >= 0.3 is 5.82 Å². The largest absolute Gasteiger partial charge is 0.410 e. The first-order chi connectivity index (χ1) is 9.21. The van der Waals surface area contributed by atoms with E-state index in [0.717, 1.165) is 17.3 Å². The van der Waals surface area contributed by atoms with E-state index in [4.69, 9.17) is 15.4 Å². The first-order valence-corrected chi connectivity index (χ1v) is 8.27. The van der Waals surface area contributed by atoms with Crippen LogP contribution in [0.4, 0.5) is 5.82 Å². The average Bonchev–Trinajstić information content (AvgIpc) is 2.72. The molecule has 0 aliphatic heterocycles. The van der Waals surface area contributed by atoms with Gasteiger partial charge in [0.2, 0.25) is 4.90 Å². The first kappa shape index (κ1) is 16.9. The quantitative estimate of drug-likeness (QED) is 0.312. The highest BCUT2D eigenvalue weighted by atomic mass is 35.7. The van der Waals surface area contributed by atoms with Gasteiger partial charge in [-0.25, -0.2) is 8.42 Å². The van der Waals surface area contributed by atoms with Crippen LogP contribution in [-0.2, 0) is 20.3 Å². The van der Waals surface area contributed by atoms with Crippen molar-refractivity contribution in [2.24, 2.45) is 5.92 Å². The van der Waals surface area contributed by atoms with Crippen molar-refractivity contribution < 1.29 is 18.1 Å². The van der Waals surface area contributed by atoms with Gasteiger partial charge in [0.1, 0.15) is 0 Å². The molecule has 0 saturated carbocycles. The summed E-state index contributed by atoms with van der Waals surface area (Å²) in [4.78, 5) is 9.22. The van der Waals surface area contributed by atoms with Crippen molar-refractivity contribution in [2.45, 2.75) is 31.7 Å². The minimum absolute atomic E-state index is 0.214. The molecule has 0 radical (unpaired) electrons. The molecule has 0 bridgehead atoms. The Labute approximate surface area is 121 Å². The zero-order valence-electron chi connectivity index (χ0n) is 11.2. The van der Waals surface area contributed by atoms with E-state index in [1.165, 1.54) is 0 Å². The molecule has 0 amide bonds. The van der Waals surface area contributed by atoms with Gasteiger partial charge in [0.15, 0.2) is 0 Å². The summed E-state index contributed by atoms with van der Waals surface area (Å²) in [5, 5.41) is 14.3. The van der Waals surface area contributed by atoms with E-state index in [1.807, 2.05) is 0 Å². The summed E-state index contributed by atoms with van der Waals surface area (Å²) in [5.74, 6) is -0.254. The fourth-order valence-corrected chi connectivity index (χ4v) is 2.29. The standard InChI is InChI=1S/C10H16ClN3O5S/c1-8(2)3-5-19-6-4-13-7-9(20(11,17)18)10(12-13)14(15)16/h7-8H,3-6H2,1-2H3. The third kappa shape index (κ3) is 5.06. The molecule has 0 saturated heterocycles. The van der Waals surface area contributed by atoms with Crippen molar-refractivity contribution in [3.8, 4) is 0 Å². The number of hydrogen-bond donors (Lipinski definition) is 0. The molecular formula is C10H16ClN3O5S. The molecule has 8 nitrogen and oxygen atoms in total. The van der Waals surface area contributed by atoms with Crippen LogP contribution in [0.25, 0.3) is 0 Å². The Kier molecular flexibility index (Phi) is 5.90. The monoisotopic (exact) mass is 325 g/mol. The van der Waals surface area contributed by atoms with Gasteiger partial charge in [0, 0.05) is 17.3 Å². The lowest BCUT2D eigenvalue weighted by atomic mass is 10.1. The maximum Gasteiger partial charge on any atom is 0.410 e. The van der Waals surface area contributed by atoms with Crippen molar-refractivity contribution in [3.63, 3.8) is 0 Å². The molecule has 0 fully saturated rings. The highest BCUT2D eigenvalue weighted by Crippen LogP contribution is 2.24. The van der Waals surface area contributed by atoms with Crippen LogP contribution in [0.3, 0.4) is 0 Å². The molecule has 114 valence electrons. The Bertz CT molecular complexity index is 569. The number of rotatable bonds is 8. The van der Waals surface area contributed by atoms with Crippen LogP contribution < -0.4 is 0 Å². The Morgan fingerprint density at radius 2 is 2.15 bits per heavy atom. The van der Waals surface area contributed by atoms with E-state index in [9.17, 15) is 18.5 Å². The van der Waals surface area contributed by atoms with Crippen LogP contribution in [0, 0.1) is 16.0 Å². The molecule has 0 aromatic carbocycles. The molecule has 1 aromatic rings. The van der Waals surface area contributed by atoms with Crippen molar-refractivity contribution in [1.82, 2.24) is 9.78 Å². The third-order valence-electron chi connectivity index (χ3n) is 2.45. The normalized spacial score (nSPS) is 12.0. The first-order valence-electron chi connectivity index (χ1n) is 5.96. The van der Waals surface area contributed by atoms with E-state index in [0.29, 0.717) is 12.5 Å². The molecular weight excluding hydrogens is 310 g/mol. The van der Waals surface area contributed by atoms with E-state index < -0.39 is 24.7 Å². The second-order valence-corrected chi connectivity index (χ2v) is 7.10. The van der Waals surface area contributed by atoms with Gasteiger partial charge in [-0.2, -0.15) is 4.68 Å². The predicted molar refractivity (Wildman–Crippen MR) is 72.2 cm³/mol. The molecule has 0 aliphatic carbocycles. The molecule has 20 heavy (non-hydrogen) atoms. The summed E-state index contributed by atoms with van der Waals surface area (Å²) in [6.45, 7) is 5.20. The smallest absolute Gasteiger partial charge is 0.379 e. The van der Waals surface area contributed by atoms with E-state index in [1.54, 1.807) is 0 Å². The van der Waals surface area contributed by atoms with Gasteiger partial charge in [-0.1, -0.05) is 13.8 Å². The van der Waals surface area contributed by atoms with Crippen LogP contribution >= 0.6 is 10.7 Å². The zero-order valence-corrected chi connectivity index (χ0v) is 12.7. The van der Waals surface area contributed by atoms with Crippen LogP contribution in [0.1, 0.15) is 20.3 Å². The van der Waals surface area contributed by atoms with Crippen LogP contribution in [0.2, 0.25) is 0 Å². The molecule has 0 N–H and O–H groups in total. The lowest BCUT2D eigenvalue weighted by molar-refractivity contribution is -0.392. The van der Waals surface area contributed by atoms with Crippen molar-refractivity contribution in [2.75, 3.05) is 13.2 Å². The lowest BCUT2D eigenvalue weighted by Crippen LogP contribution is -2.08. The number of nitro groups is 1. The van der Waals surface area contributed by atoms with Gasteiger partial charge in [0.05, 0.1) is 24.4 Å². The Morgan fingerprint density at radius 3 is 2.60 bits per heavy atom. The second-order valence-electron chi connectivity index (χ2n) is 4.57. The molecule has 1 heterocycles. The number of hydrogen-bond acceptors (Lipinski definition) is 6. The highest BCUT2D eigenvalue weighted by molar-refractivity contribution is 8.13. The molecule has 0 atom stereocenters. The number of aromatic nitrogens is 2. The summed E-state index contributed by atoms with van der Waals surface area (Å²) in [5.41, 5.74) is 0. The second kappa shape index (κ2) is 7.00. The summed E-state index contributed by atoms with van der Waals surface area (Å²) >= 11 is 0. The van der Waals surface area contributed by atoms with Gasteiger partial charge in [-0.15, -0.1) is 0 Å². The molecule has 0 unspecified atom stereocenters. The van der Waals surface area contributed by atoms with Crippen LogP contribution in [-0.4, -0.2) is 36.3 Å². The maximum absolute atomic E-state index is 11.2. The summed E-state index contributed by atoms with van der Waals surface area (Å²) in [6, 6.07) is 0. The molecule has 1 rings (SSSR count). The highest BCUT2D eigenvalue weighted by Gasteiger charge is 2.29. The fraction of sp³-hybridized carbons (Fsp3) is 0.700. The van der Waals surface area contributed by atoms with Gasteiger partial charge in [-0.3, -0.25) is 0 Å². The minimum Gasteiger partial charge on any atom is -0.379 e. The summed E-state index contributed by atoms with van der Waals surface area (Å²) < 4.78 is 28.9. The zero-order chi connectivity index (χ0) is 15.3. The van der Waals surface area contributed by atoms with Crippen LogP contribution in [0.5, 0.6) is 0 Å². The fourth-order valence-electron chi connectivity index (χ4n) is 1.39.